The van der Waals surface area contributed by atoms with E-state index in [4.69, 9.17) is 4.74 Å². The zero-order chi connectivity index (χ0) is 18.4. The Bertz CT molecular complexity index is 880. The van der Waals surface area contributed by atoms with Crippen molar-refractivity contribution < 1.29 is 19.7 Å². The molecule has 0 aliphatic rings. The van der Waals surface area contributed by atoms with E-state index >= 15 is 0 Å². The maximum absolute atomic E-state index is 12.3. The average Bonchev–Trinajstić information content (AvgIpc) is 2.67. The molecule has 5 heteroatoms. The van der Waals surface area contributed by atoms with E-state index in [0.717, 1.165) is 10.9 Å². The highest BCUT2D eigenvalue weighted by Crippen LogP contribution is 2.34. The molecule has 0 radical (unpaired) electrons. The third-order valence-corrected chi connectivity index (χ3v) is 4.18. The third kappa shape index (κ3) is 4.13. The van der Waals surface area contributed by atoms with Gasteiger partial charge in [0.1, 0.15) is 11.9 Å². The lowest BCUT2D eigenvalue weighted by atomic mass is 9.97. The van der Waals surface area contributed by atoms with E-state index in [1.54, 1.807) is 24.3 Å². The number of aliphatic hydroxyl groups excluding tert-OH is 1. The van der Waals surface area contributed by atoms with E-state index in [1.807, 2.05) is 42.5 Å². The molecule has 0 spiro atoms. The number of phenols is 1. The highest BCUT2D eigenvalue weighted by atomic mass is 16.6. The van der Waals surface area contributed by atoms with Gasteiger partial charge in [0.2, 0.25) is 0 Å². The monoisotopic (exact) mass is 351 g/mol. The normalized spacial score (nSPS) is 11.9. The summed E-state index contributed by atoms with van der Waals surface area (Å²) >= 11 is 0. The molecule has 26 heavy (non-hydrogen) atoms. The van der Waals surface area contributed by atoms with Crippen molar-refractivity contribution in [2.24, 2.45) is 0 Å². The Labute approximate surface area is 151 Å². The topological polar surface area (TPSA) is 78.8 Å². The van der Waals surface area contributed by atoms with E-state index in [0.29, 0.717) is 23.9 Å². The van der Waals surface area contributed by atoms with Crippen LogP contribution in [-0.2, 0) is 4.74 Å². The Kier molecular flexibility index (Phi) is 5.71. The first-order valence-corrected chi connectivity index (χ1v) is 8.53. The van der Waals surface area contributed by atoms with E-state index in [1.165, 1.54) is 0 Å². The van der Waals surface area contributed by atoms with Crippen molar-refractivity contribution in [3.8, 4) is 5.75 Å². The van der Waals surface area contributed by atoms with Gasteiger partial charge in [-0.2, -0.15) is 0 Å². The van der Waals surface area contributed by atoms with Crippen LogP contribution in [0.1, 0.15) is 24.5 Å². The molecule has 134 valence electrons. The van der Waals surface area contributed by atoms with Crippen molar-refractivity contribution in [2.75, 3.05) is 11.9 Å². The number of fused-ring (bicyclic) bond motifs is 1. The molecule has 0 fully saturated rings. The summed E-state index contributed by atoms with van der Waals surface area (Å²) in [4.78, 5) is 12.3. The summed E-state index contributed by atoms with van der Waals surface area (Å²) in [6.07, 6.45) is -0.112. The molecule has 0 unspecified atom stereocenters. The summed E-state index contributed by atoms with van der Waals surface area (Å²) in [5.41, 5.74) is 1.45. The number of anilines is 1. The molecule has 3 aromatic carbocycles. The summed E-state index contributed by atoms with van der Waals surface area (Å²) < 4.78 is 5.65. The second-order valence-corrected chi connectivity index (χ2v) is 5.97. The lowest BCUT2D eigenvalue weighted by Crippen LogP contribution is -2.18. The Morgan fingerprint density at radius 2 is 1.65 bits per heavy atom. The molecule has 3 aromatic rings. The fourth-order valence-corrected chi connectivity index (χ4v) is 2.94. The summed E-state index contributed by atoms with van der Waals surface area (Å²) in [7, 11) is 0. The molecule has 3 rings (SSSR count). The second kappa shape index (κ2) is 8.36. The molecule has 0 saturated heterocycles. The standard InChI is InChI=1S/C21H21NO4/c23-14-6-11-20(26-21(25)22-15-7-2-1-3-8-15)18-12-13-19(24)17-10-5-4-9-16(17)18/h1-5,7-10,12-13,20,23-24H,6,11,14H2,(H,22,25)/t20-/m1/s1. The van der Waals surface area contributed by atoms with Crippen molar-refractivity contribution in [2.45, 2.75) is 18.9 Å². The number of ether oxygens (including phenoxy) is 1. The van der Waals surface area contributed by atoms with E-state index < -0.39 is 12.2 Å². The molecule has 0 bridgehead atoms. The smallest absolute Gasteiger partial charge is 0.412 e. The molecule has 0 aliphatic heterocycles. The maximum atomic E-state index is 12.3. The van der Waals surface area contributed by atoms with Crippen LogP contribution < -0.4 is 5.32 Å². The molecular formula is C21H21NO4. The third-order valence-electron chi connectivity index (χ3n) is 4.18. The minimum Gasteiger partial charge on any atom is -0.507 e. The number of hydrogen-bond acceptors (Lipinski definition) is 4. The zero-order valence-corrected chi connectivity index (χ0v) is 14.3. The first-order valence-electron chi connectivity index (χ1n) is 8.53. The number of carbonyl (C=O) groups is 1. The van der Waals surface area contributed by atoms with E-state index in [2.05, 4.69) is 5.32 Å². The zero-order valence-electron chi connectivity index (χ0n) is 14.3. The predicted octanol–water partition coefficient (Wildman–Crippen LogP) is 4.61. The number of para-hydroxylation sites is 1. The number of nitrogens with one attached hydrogen (secondary N) is 1. The number of aliphatic hydroxyl groups is 1. The van der Waals surface area contributed by atoms with Gasteiger partial charge in [0.15, 0.2) is 0 Å². The van der Waals surface area contributed by atoms with Gasteiger partial charge in [-0.15, -0.1) is 0 Å². The summed E-state index contributed by atoms with van der Waals surface area (Å²) in [6, 6.07) is 19.9. The number of benzene rings is 3. The highest BCUT2D eigenvalue weighted by molar-refractivity contribution is 5.91. The number of amides is 1. The van der Waals surface area contributed by atoms with Crippen LogP contribution in [0.4, 0.5) is 10.5 Å². The Hall–Kier alpha value is -3.05. The molecule has 5 nitrogen and oxygen atoms in total. The van der Waals surface area contributed by atoms with Crippen molar-refractivity contribution in [3.05, 3.63) is 72.3 Å². The number of hydrogen-bond donors (Lipinski definition) is 3. The van der Waals surface area contributed by atoms with E-state index in [9.17, 15) is 15.0 Å². The molecule has 1 atom stereocenters. The predicted molar refractivity (Wildman–Crippen MR) is 101 cm³/mol. The van der Waals surface area contributed by atoms with Gasteiger partial charge in [-0.05, 0) is 36.4 Å². The van der Waals surface area contributed by atoms with Crippen LogP contribution in [0.3, 0.4) is 0 Å². The Balaban J connectivity index is 1.86. The van der Waals surface area contributed by atoms with Crippen molar-refractivity contribution >= 4 is 22.6 Å². The van der Waals surface area contributed by atoms with Crippen LogP contribution in [0, 0.1) is 0 Å². The summed E-state index contributed by atoms with van der Waals surface area (Å²) in [5, 5.41) is 23.5. The van der Waals surface area contributed by atoms with Gasteiger partial charge in [-0.3, -0.25) is 5.32 Å². The van der Waals surface area contributed by atoms with E-state index in [-0.39, 0.29) is 12.4 Å². The first-order chi connectivity index (χ1) is 12.7. The molecular weight excluding hydrogens is 330 g/mol. The number of phenolic OH excluding ortho intramolecular Hbond substituents is 1. The summed E-state index contributed by atoms with van der Waals surface area (Å²) in [5.74, 6) is 0.180. The van der Waals surface area contributed by atoms with Gasteiger partial charge in [0.05, 0.1) is 0 Å². The lowest BCUT2D eigenvalue weighted by Gasteiger charge is -2.20. The van der Waals surface area contributed by atoms with Crippen molar-refractivity contribution in [1.29, 1.82) is 0 Å². The number of rotatable bonds is 6. The highest BCUT2D eigenvalue weighted by Gasteiger charge is 2.20. The van der Waals surface area contributed by atoms with Crippen LogP contribution in [0.15, 0.2) is 66.7 Å². The van der Waals surface area contributed by atoms with Gasteiger partial charge in [-0.25, -0.2) is 4.79 Å². The second-order valence-electron chi connectivity index (χ2n) is 5.97. The average molecular weight is 351 g/mol. The minimum absolute atomic E-state index is 0.0101. The van der Waals surface area contributed by atoms with Crippen LogP contribution in [0.5, 0.6) is 5.75 Å². The van der Waals surface area contributed by atoms with Gasteiger partial charge in [0, 0.05) is 23.2 Å². The summed E-state index contributed by atoms with van der Waals surface area (Å²) in [6.45, 7) is 0.0101. The number of carbonyl (C=O) groups excluding carboxylic acids is 1. The SMILES string of the molecule is O=C(Nc1ccccc1)O[C@H](CCCO)c1ccc(O)c2ccccc12. The fourth-order valence-electron chi connectivity index (χ4n) is 2.94. The molecule has 1 amide bonds. The van der Waals surface area contributed by atoms with Crippen LogP contribution >= 0.6 is 0 Å². The molecule has 0 aliphatic carbocycles. The number of aromatic hydroxyl groups is 1. The molecule has 0 heterocycles. The first kappa shape index (κ1) is 17.8. The lowest BCUT2D eigenvalue weighted by molar-refractivity contribution is 0.100. The van der Waals surface area contributed by atoms with Crippen LogP contribution in [0.2, 0.25) is 0 Å². The maximum Gasteiger partial charge on any atom is 0.412 e. The van der Waals surface area contributed by atoms with Crippen molar-refractivity contribution in [1.82, 2.24) is 0 Å². The molecule has 0 saturated carbocycles. The van der Waals surface area contributed by atoms with Crippen LogP contribution in [0.25, 0.3) is 10.8 Å². The quantitative estimate of drug-likeness (QED) is 0.606. The van der Waals surface area contributed by atoms with Gasteiger partial charge in [-0.1, -0.05) is 48.5 Å². The Morgan fingerprint density at radius 1 is 0.962 bits per heavy atom. The Morgan fingerprint density at radius 3 is 2.38 bits per heavy atom. The molecule has 3 N–H and O–H groups in total. The van der Waals surface area contributed by atoms with Crippen molar-refractivity contribution in [3.63, 3.8) is 0 Å². The van der Waals surface area contributed by atoms with Gasteiger partial charge in [0.25, 0.3) is 0 Å². The van der Waals surface area contributed by atoms with Crippen LogP contribution in [-0.4, -0.2) is 22.9 Å². The van der Waals surface area contributed by atoms with Gasteiger partial charge < -0.3 is 14.9 Å². The fraction of sp³-hybridized carbons (Fsp3) is 0.190. The largest absolute Gasteiger partial charge is 0.507 e. The minimum atomic E-state index is -0.559. The molecule has 0 aromatic heterocycles. The van der Waals surface area contributed by atoms with Gasteiger partial charge >= 0.3 is 6.09 Å².